The summed E-state index contributed by atoms with van der Waals surface area (Å²) in [5, 5.41) is 13.2. The molecule has 4 nitrogen and oxygen atoms in total. The summed E-state index contributed by atoms with van der Waals surface area (Å²) in [5.41, 5.74) is 1.34. The molecule has 4 heteroatoms. The second-order valence-corrected chi connectivity index (χ2v) is 6.96. The predicted octanol–water partition coefficient (Wildman–Crippen LogP) is 3.97. The van der Waals surface area contributed by atoms with Crippen LogP contribution in [0.2, 0.25) is 0 Å². The predicted molar refractivity (Wildman–Crippen MR) is 91.0 cm³/mol. The van der Waals surface area contributed by atoms with Crippen molar-refractivity contribution in [1.29, 1.82) is 0 Å². The van der Waals surface area contributed by atoms with E-state index in [2.05, 4.69) is 5.32 Å². The van der Waals surface area contributed by atoms with Gasteiger partial charge in [0.1, 0.15) is 6.10 Å². The lowest BCUT2D eigenvalue weighted by molar-refractivity contribution is -0.0429. The Bertz CT molecular complexity index is 560. The lowest BCUT2D eigenvalue weighted by Crippen LogP contribution is -2.44. The first-order chi connectivity index (χ1) is 10.8. The number of ether oxygens (including phenoxy) is 1. The molecule has 0 spiro atoms. The Morgan fingerprint density at radius 2 is 2.00 bits per heavy atom. The number of benzene rings is 1. The van der Waals surface area contributed by atoms with E-state index >= 15 is 0 Å². The molecule has 0 heterocycles. The van der Waals surface area contributed by atoms with Crippen LogP contribution in [0, 0.1) is 5.92 Å². The Kier molecular flexibility index (Phi) is 5.47. The number of hydrogen-bond donors (Lipinski definition) is 2. The largest absolute Gasteiger partial charge is 0.442 e. The molecular formula is C19H27NO3. The summed E-state index contributed by atoms with van der Waals surface area (Å²) >= 11 is 0. The van der Waals surface area contributed by atoms with Crippen LogP contribution < -0.4 is 5.32 Å². The Morgan fingerprint density at radius 1 is 1.35 bits per heavy atom. The van der Waals surface area contributed by atoms with E-state index in [0.29, 0.717) is 0 Å². The molecule has 2 N–H and O–H groups in total. The van der Waals surface area contributed by atoms with Gasteiger partial charge in [0.05, 0.1) is 11.6 Å². The molecule has 0 radical (unpaired) electrons. The number of hydrogen-bond acceptors (Lipinski definition) is 3. The van der Waals surface area contributed by atoms with Gasteiger partial charge in [-0.1, -0.05) is 35.9 Å². The van der Waals surface area contributed by atoms with E-state index in [1.165, 1.54) is 5.57 Å². The molecule has 0 bridgehead atoms. The average molecular weight is 317 g/mol. The van der Waals surface area contributed by atoms with E-state index < -0.39 is 17.8 Å². The van der Waals surface area contributed by atoms with E-state index in [1.54, 1.807) is 13.8 Å². The van der Waals surface area contributed by atoms with Crippen LogP contribution in [0.4, 0.5) is 4.79 Å². The van der Waals surface area contributed by atoms with Gasteiger partial charge in [-0.2, -0.15) is 0 Å². The lowest BCUT2D eigenvalue weighted by atomic mass is 9.78. The van der Waals surface area contributed by atoms with Crippen molar-refractivity contribution in [2.24, 2.45) is 5.92 Å². The van der Waals surface area contributed by atoms with Crippen molar-refractivity contribution < 1.29 is 14.6 Å². The second kappa shape index (κ2) is 7.18. The number of alkyl carbamates (subject to hydrolysis) is 1. The van der Waals surface area contributed by atoms with Gasteiger partial charge < -0.3 is 15.2 Å². The molecule has 23 heavy (non-hydrogen) atoms. The van der Waals surface area contributed by atoms with Gasteiger partial charge in [0.15, 0.2) is 0 Å². The molecule has 1 aromatic rings. The zero-order chi connectivity index (χ0) is 17.0. The highest BCUT2D eigenvalue weighted by Gasteiger charge is 2.37. The molecule has 1 aromatic carbocycles. The fourth-order valence-corrected chi connectivity index (χ4v) is 3.06. The maximum absolute atomic E-state index is 12.2. The number of allylic oxidation sites excluding steroid dienone is 1. The molecule has 2 rings (SSSR count). The maximum Gasteiger partial charge on any atom is 0.408 e. The first kappa shape index (κ1) is 17.5. The monoisotopic (exact) mass is 317 g/mol. The standard InChI is InChI=1S/C19H27NO3/c1-13-10-11-16(19(3,4)22)17(12-13)23-18(21)20-14(2)15-8-6-5-7-9-15/h5-9,12,14,16-17,22H,10-11H2,1-4H3,(H,20,21). The number of carbonyl (C=O) groups excluding carboxylic acids is 1. The molecule has 0 aliphatic heterocycles. The van der Waals surface area contributed by atoms with E-state index in [-0.39, 0.29) is 12.0 Å². The summed E-state index contributed by atoms with van der Waals surface area (Å²) in [7, 11) is 0. The summed E-state index contributed by atoms with van der Waals surface area (Å²) in [6.45, 7) is 7.49. The SMILES string of the molecule is CC1=CC(OC(=O)NC(C)c2ccccc2)C(C(C)(C)O)CC1. The van der Waals surface area contributed by atoms with Gasteiger partial charge in [-0.3, -0.25) is 0 Å². The minimum absolute atomic E-state index is 0.0935. The molecule has 0 fully saturated rings. The van der Waals surface area contributed by atoms with Crippen molar-refractivity contribution in [3.05, 3.63) is 47.5 Å². The quantitative estimate of drug-likeness (QED) is 0.826. The van der Waals surface area contributed by atoms with Crippen molar-refractivity contribution >= 4 is 6.09 Å². The third kappa shape index (κ3) is 4.83. The van der Waals surface area contributed by atoms with Crippen molar-refractivity contribution in [1.82, 2.24) is 5.32 Å². The van der Waals surface area contributed by atoms with E-state index in [4.69, 9.17) is 4.74 Å². The zero-order valence-corrected chi connectivity index (χ0v) is 14.4. The van der Waals surface area contributed by atoms with Crippen molar-refractivity contribution in [3.63, 3.8) is 0 Å². The van der Waals surface area contributed by atoms with Crippen LogP contribution in [0.1, 0.15) is 52.1 Å². The highest BCUT2D eigenvalue weighted by Crippen LogP contribution is 2.33. The Morgan fingerprint density at radius 3 is 2.61 bits per heavy atom. The van der Waals surface area contributed by atoms with Gasteiger partial charge in [-0.15, -0.1) is 0 Å². The van der Waals surface area contributed by atoms with Crippen LogP contribution in [-0.2, 0) is 4.74 Å². The molecule has 3 atom stereocenters. The fraction of sp³-hybridized carbons (Fsp3) is 0.526. The fourth-order valence-electron chi connectivity index (χ4n) is 3.06. The van der Waals surface area contributed by atoms with Gasteiger partial charge in [0.25, 0.3) is 0 Å². The minimum atomic E-state index is -0.882. The van der Waals surface area contributed by atoms with Crippen LogP contribution in [0.15, 0.2) is 42.0 Å². The second-order valence-electron chi connectivity index (χ2n) is 6.96. The molecular weight excluding hydrogens is 290 g/mol. The third-order valence-corrected chi connectivity index (χ3v) is 4.48. The molecule has 0 saturated heterocycles. The normalized spacial score (nSPS) is 22.9. The zero-order valence-electron chi connectivity index (χ0n) is 14.4. The summed E-state index contributed by atoms with van der Waals surface area (Å²) in [6.07, 6.45) is 2.85. The highest BCUT2D eigenvalue weighted by molar-refractivity contribution is 5.68. The number of aliphatic hydroxyl groups is 1. The van der Waals surface area contributed by atoms with Crippen molar-refractivity contribution in [2.75, 3.05) is 0 Å². The molecule has 1 amide bonds. The van der Waals surface area contributed by atoms with Crippen LogP contribution in [0.3, 0.4) is 0 Å². The average Bonchev–Trinajstić information content (AvgIpc) is 2.46. The summed E-state index contributed by atoms with van der Waals surface area (Å²) < 4.78 is 5.61. The third-order valence-electron chi connectivity index (χ3n) is 4.48. The van der Waals surface area contributed by atoms with Crippen LogP contribution >= 0.6 is 0 Å². The Hall–Kier alpha value is -1.81. The Balaban J connectivity index is 2.01. The molecule has 3 unspecified atom stereocenters. The van der Waals surface area contributed by atoms with E-state index in [0.717, 1.165) is 18.4 Å². The lowest BCUT2D eigenvalue weighted by Gasteiger charge is -2.37. The van der Waals surface area contributed by atoms with Crippen LogP contribution in [0.25, 0.3) is 0 Å². The van der Waals surface area contributed by atoms with Crippen molar-refractivity contribution in [3.8, 4) is 0 Å². The van der Waals surface area contributed by atoms with Gasteiger partial charge >= 0.3 is 6.09 Å². The van der Waals surface area contributed by atoms with Gasteiger partial charge in [0, 0.05) is 5.92 Å². The molecule has 0 saturated carbocycles. The smallest absolute Gasteiger partial charge is 0.408 e. The summed E-state index contributed by atoms with van der Waals surface area (Å²) in [4.78, 5) is 12.2. The highest BCUT2D eigenvalue weighted by atomic mass is 16.6. The number of amides is 1. The minimum Gasteiger partial charge on any atom is -0.442 e. The summed E-state index contributed by atoms with van der Waals surface area (Å²) in [5.74, 6) is -0.0935. The van der Waals surface area contributed by atoms with Crippen LogP contribution in [0.5, 0.6) is 0 Å². The van der Waals surface area contributed by atoms with Gasteiger partial charge in [-0.05, 0) is 52.2 Å². The van der Waals surface area contributed by atoms with E-state index in [9.17, 15) is 9.90 Å². The molecule has 0 aromatic heterocycles. The molecule has 1 aliphatic rings. The first-order valence-electron chi connectivity index (χ1n) is 8.19. The Labute approximate surface area is 138 Å². The summed E-state index contributed by atoms with van der Waals surface area (Å²) in [6, 6.07) is 9.63. The molecule has 126 valence electrons. The van der Waals surface area contributed by atoms with Crippen LogP contribution in [-0.4, -0.2) is 22.9 Å². The van der Waals surface area contributed by atoms with E-state index in [1.807, 2.05) is 50.3 Å². The van der Waals surface area contributed by atoms with Gasteiger partial charge in [-0.25, -0.2) is 4.79 Å². The molecule has 1 aliphatic carbocycles. The number of nitrogens with one attached hydrogen (secondary N) is 1. The topological polar surface area (TPSA) is 58.6 Å². The number of carbonyl (C=O) groups is 1. The van der Waals surface area contributed by atoms with Crippen molar-refractivity contribution in [2.45, 2.75) is 58.3 Å². The first-order valence-corrected chi connectivity index (χ1v) is 8.19. The van der Waals surface area contributed by atoms with Gasteiger partial charge in [0.2, 0.25) is 0 Å². The maximum atomic E-state index is 12.2. The number of rotatable bonds is 4.